The van der Waals surface area contributed by atoms with Gasteiger partial charge < -0.3 is 10.4 Å². The molecule has 1 heterocycles. The van der Waals surface area contributed by atoms with E-state index in [0.717, 1.165) is 5.56 Å². The van der Waals surface area contributed by atoms with Gasteiger partial charge in [-0.15, -0.1) is 0 Å². The molecule has 2 rings (SSSR count). The van der Waals surface area contributed by atoms with Gasteiger partial charge in [-0.1, -0.05) is 30.3 Å². The highest BCUT2D eigenvalue weighted by Crippen LogP contribution is 2.25. The lowest BCUT2D eigenvalue weighted by molar-refractivity contribution is -0.145. The van der Waals surface area contributed by atoms with Crippen LogP contribution in [0.3, 0.4) is 0 Å². The summed E-state index contributed by atoms with van der Waals surface area (Å²) < 4.78 is 1.62. The number of aliphatic carboxylic acids is 1. The Bertz CT molecular complexity index is 527. The van der Waals surface area contributed by atoms with Crippen LogP contribution in [0.2, 0.25) is 0 Å². The van der Waals surface area contributed by atoms with Crippen LogP contribution in [0, 0.1) is 0 Å². The second-order valence-electron chi connectivity index (χ2n) is 4.24. The molecule has 0 bridgehead atoms. The number of likely N-dealkylation sites (N-methyl/N-ethyl adjacent to an activating group) is 1. The van der Waals surface area contributed by atoms with Gasteiger partial charge in [-0.3, -0.25) is 4.68 Å². The van der Waals surface area contributed by atoms with Gasteiger partial charge in [0.1, 0.15) is 18.2 Å². The number of nitrogens with zero attached hydrogens (tertiary/aromatic N) is 3. The Labute approximate surface area is 111 Å². The first-order valence-corrected chi connectivity index (χ1v) is 5.99. The van der Waals surface area contributed by atoms with Crippen LogP contribution in [0.15, 0.2) is 43.0 Å². The number of nitrogens with one attached hydrogen (secondary N) is 1. The summed E-state index contributed by atoms with van der Waals surface area (Å²) in [6.07, 6.45) is 3.39. The predicted octanol–water partition coefficient (Wildman–Crippen LogP) is 0.868. The Morgan fingerprint density at radius 2 is 2.16 bits per heavy atom. The van der Waals surface area contributed by atoms with Crippen LogP contribution in [0.1, 0.15) is 12.0 Å². The maximum Gasteiger partial charge on any atom is 0.328 e. The van der Waals surface area contributed by atoms with Gasteiger partial charge in [0.25, 0.3) is 0 Å². The lowest BCUT2D eigenvalue weighted by Gasteiger charge is -2.29. The van der Waals surface area contributed by atoms with Crippen molar-refractivity contribution in [2.75, 3.05) is 7.05 Å². The number of carboxylic acid groups (broad SMARTS) is 1. The molecule has 0 radical (unpaired) electrons. The van der Waals surface area contributed by atoms with Crippen LogP contribution in [-0.4, -0.2) is 32.9 Å². The topological polar surface area (TPSA) is 80.0 Å². The minimum Gasteiger partial charge on any atom is -0.480 e. The van der Waals surface area contributed by atoms with Gasteiger partial charge in [0, 0.05) is 13.0 Å². The third-order valence-corrected chi connectivity index (χ3v) is 3.24. The van der Waals surface area contributed by atoms with Gasteiger partial charge in [0.15, 0.2) is 0 Å². The molecule has 1 atom stereocenters. The van der Waals surface area contributed by atoms with Crippen LogP contribution < -0.4 is 5.32 Å². The number of benzene rings is 1. The summed E-state index contributed by atoms with van der Waals surface area (Å²) in [5.41, 5.74) is -0.391. The molecule has 6 heteroatoms. The Morgan fingerprint density at radius 3 is 2.68 bits per heavy atom. The van der Waals surface area contributed by atoms with Crippen LogP contribution in [0.5, 0.6) is 0 Å². The van der Waals surface area contributed by atoms with Crippen molar-refractivity contribution in [3.63, 3.8) is 0 Å². The number of carboxylic acids is 1. The van der Waals surface area contributed by atoms with Crippen molar-refractivity contribution in [3.8, 4) is 0 Å². The third-order valence-electron chi connectivity index (χ3n) is 3.24. The van der Waals surface area contributed by atoms with Crippen molar-refractivity contribution in [2.45, 2.75) is 18.5 Å². The highest BCUT2D eigenvalue weighted by Gasteiger charge is 2.38. The molecule has 1 unspecified atom stereocenters. The number of rotatable bonds is 6. The largest absolute Gasteiger partial charge is 0.480 e. The number of hydrogen-bond acceptors (Lipinski definition) is 4. The van der Waals surface area contributed by atoms with Crippen molar-refractivity contribution in [1.29, 1.82) is 0 Å². The Morgan fingerprint density at radius 1 is 1.42 bits per heavy atom. The fourth-order valence-electron chi connectivity index (χ4n) is 2.10. The van der Waals surface area contributed by atoms with E-state index >= 15 is 0 Å². The second-order valence-corrected chi connectivity index (χ2v) is 4.24. The molecule has 2 aromatic rings. The first kappa shape index (κ1) is 13.2. The fourth-order valence-corrected chi connectivity index (χ4v) is 2.10. The molecule has 0 aliphatic heterocycles. The predicted molar refractivity (Wildman–Crippen MR) is 69.5 cm³/mol. The van der Waals surface area contributed by atoms with Crippen molar-refractivity contribution >= 4 is 5.97 Å². The van der Waals surface area contributed by atoms with E-state index in [-0.39, 0.29) is 0 Å². The number of hydrogen-bond donors (Lipinski definition) is 2. The molecule has 100 valence electrons. The molecule has 0 amide bonds. The van der Waals surface area contributed by atoms with Crippen molar-refractivity contribution < 1.29 is 9.90 Å². The molecule has 0 fully saturated rings. The molecule has 0 spiro atoms. The Hall–Kier alpha value is -2.21. The van der Waals surface area contributed by atoms with E-state index in [4.69, 9.17) is 0 Å². The first-order chi connectivity index (χ1) is 9.19. The molecular weight excluding hydrogens is 244 g/mol. The van der Waals surface area contributed by atoms with Gasteiger partial charge in [0.05, 0.1) is 0 Å². The quantitative estimate of drug-likeness (QED) is 0.805. The van der Waals surface area contributed by atoms with E-state index in [1.165, 1.54) is 6.33 Å². The molecule has 6 nitrogen and oxygen atoms in total. The van der Waals surface area contributed by atoms with Crippen LogP contribution in [0.4, 0.5) is 0 Å². The SMILES string of the molecule is CNC(CCn1cncn1)(C(=O)O)c1ccccc1. The van der Waals surface area contributed by atoms with Gasteiger partial charge >= 0.3 is 5.97 Å². The second kappa shape index (κ2) is 5.62. The van der Waals surface area contributed by atoms with E-state index in [0.29, 0.717) is 13.0 Å². The standard InChI is InChI=1S/C13H16N4O2/c1-14-13(12(18)19,11-5-3-2-4-6-11)7-8-17-10-15-9-16-17/h2-6,9-10,14H,7-8H2,1H3,(H,18,19). The van der Waals surface area contributed by atoms with E-state index in [1.807, 2.05) is 30.3 Å². The van der Waals surface area contributed by atoms with E-state index in [2.05, 4.69) is 15.4 Å². The average molecular weight is 260 g/mol. The summed E-state index contributed by atoms with van der Waals surface area (Å²) in [5.74, 6) is -0.902. The van der Waals surface area contributed by atoms with Gasteiger partial charge in [-0.2, -0.15) is 5.10 Å². The van der Waals surface area contributed by atoms with Crippen LogP contribution in [-0.2, 0) is 16.9 Å². The molecule has 19 heavy (non-hydrogen) atoms. The molecule has 1 aromatic carbocycles. The highest BCUT2D eigenvalue weighted by molar-refractivity contribution is 5.80. The number of aromatic nitrogens is 3. The molecule has 0 aliphatic rings. The maximum atomic E-state index is 11.7. The zero-order valence-corrected chi connectivity index (χ0v) is 10.7. The monoisotopic (exact) mass is 260 g/mol. The molecule has 1 aromatic heterocycles. The van der Waals surface area contributed by atoms with Gasteiger partial charge in [0.2, 0.25) is 0 Å². The Kier molecular flexibility index (Phi) is 3.91. The van der Waals surface area contributed by atoms with Gasteiger partial charge in [-0.25, -0.2) is 9.78 Å². The summed E-state index contributed by atoms with van der Waals surface area (Å²) >= 11 is 0. The molecular formula is C13H16N4O2. The Balaban J connectivity index is 2.27. The smallest absolute Gasteiger partial charge is 0.328 e. The van der Waals surface area contributed by atoms with E-state index < -0.39 is 11.5 Å². The zero-order valence-electron chi connectivity index (χ0n) is 10.7. The molecule has 0 saturated carbocycles. The summed E-state index contributed by atoms with van der Waals surface area (Å²) in [7, 11) is 1.66. The molecule has 2 N–H and O–H groups in total. The molecule has 0 saturated heterocycles. The van der Waals surface area contributed by atoms with E-state index in [9.17, 15) is 9.90 Å². The van der Waals surface area contributed by atoms with Gasteiger partial charge in [-0.05, 0) is 12.6 Å². The minimum atomic E-state index is -1.12. The minimum absolute atomic E-state index is 0.381. The van der Waals surface area contributed by atoms with Crippen LogP contribution in [0.25, 0.3) is 0 Å². The number of aryl methyl sites for hydroxylation is 1. The highest BCUT2D eigenvalue weighted by atomic mass is 16.4. The summed E-state index contributed by atoms with van der Waals surface area (Å²) in [5, 5.41) is 16.5. The fraction of sp³-hybridized carbons (Fsp3) is 0.308. The summed E-state index contributed by atoms with van der Waals surface area (Å²) in [6, 6.07) is 9.15. The summed E-state index contributed by atoms with van der Waals surface area (Å²) in [6.45, 7) is 0.474. The maximum absolute atomic E-state index is 11.7. The number of carbonyl (C=O) groups is 1. The first-order valence-electron chi connectivity index (χ1n) is 5.99. The summed E-state index contributed by atoms with van der Waals surface area (Å²) in [4.78, 5) is 15.6. The normalized spacial score (nSPS) is 13.9. The van der Waals surface area contributed by atoms with Crippen LogP contribution >= 0.6 is 0 Å². The molecule has 0 aliphatic carbocycles. The third kappa shape index (κ3) is 2.63. The van der Waals surface area contributed by atoms with Crippen molar-refractivity contribution in [3.05, 3.63) is 48.5 Å². The van der Waals surface area contributed by atoms with Crippen molar-refractivity contribution in [1.82, 2.24) is 20.1 Å². The average Bonchev–Trinajstić information content (AvgIpc) is 2.94. The zero-order chi connectivity index (χ0) is 13.7. The van der Waals surface area contributed by atoms with Crippen molar-refractivity contribution in [2.24, 2.45) is 0 Å². The lowest BCUT2D eigenvalue weighted by atomic mass is 9.86. The lowest BCUT2D eigenvalue weighted by Crippen LogP contribution is -2.48. The van der Waals surface area contributed by atoms with E-state index in [1.54, 1.807) is 18.1 Å².